The first-order valence-corrected chi connectivity index (χ1v) is 8.19. The molecule has 2 N–H and O–H groups in total. The van der Waals surface area contributed by atoms with E-state index in [0.717, 1.165) is 0 Å². The van der Waals surface area contributed by atoms with Gasteiger partial charge in [0.2, 0.25) is 0 Å². The molecular formula is C10H12O6S2. The van der Waals surface area contributed by atoms with Crippen molar-refractivity contribution in [1.82, 2.24) is 0 Å². The summed E-state index contributed by atoms with van der Waals surface area (Å²) in [5, 5.41) is -3.05. The topological polar surface area (TPSA) is 109 Å². The number of benzene rings is 1. The number of rotatable bonds is 2. The standard InChI is InChI=1S/C10H12O6S2/c11-17(12,13)9-5-7-3-1-2-4-8(7)6-10(9)18(14,15)16/h1-4,9-10H,5-6H2,(H,11,12,13)(H,14,15,16)/t9-,10-/m1/s1. The molecule has 100 valence electrons. The Morgan fingerprint density at radius 3 is 1.44 bits per heavy atom. The van der Waals surface area contributed by atoms with Crippen LogP contribution < -0.4 is 0 Å². The van der Waals surface area contributed by atoms with Crippen molar-refractivity contribution in [3.05, 3.63) is 35.4 Å². The molecule has 0 heterocycles. The van der Waals surface area contributed by atoms with Gasteiger partial charge in [-0.15, -0.1) is 0 Å². The minimum Gasteiger partial charge on any atom is -0.285 e. The highest BCUT2D eigenvalue weighted by molar-refractivity contribution is 7.90. The summed E-state index contributed by atoms with van der Waals surface area (Å²) >= 11 is 0. The van der Waals surface area contributed by atoms with E-state index in [1.807, 2.05) is 0 Å². The molecule has 2 rings (SSSR count). The summed E-state index contributed by atoms with van der Waals surface area (Å²) in [5.74, 6) is 0. The van der Waals surface area contributed by atoms with Crippen LogP contribution in [0.4, 0.5) is 0 Å². The number of fused-ring (bicyclic) bond motifs is 1. The van der Waals surface area contributed by atoms with Crippen LogP contribution in [0.15, 0.2) is 24.3 Å². The van der Waals surface area contributed by atoms with Crippen molar-refractivity contribution in [2.24, 2.45) is 0 Å². The van der Waals surface area contributed by atoms with Gasteiger partial charge >= 0.3 is 0 Å². The molecule has 0 unspecified atom stereocenters. The maximum atomic E-state index is 11.2. The quantitative estimate of drug-likeness (QED) is 0.759. The minimum absolute atomic E-state index is 0.126. The van der Waals surface area contributed by atoms with Gasteiger partial charge in [-0.25, -0.2) is 0 Å². The fraction of sp³-hybridized carbons (Fsp3) is 0.400. The van der Waals surface area contributed by atoms with Gasteiger partial charge in [-0.2, -0.15) is 16.8 Å². The third kappa shape index (κ3) is 2.56. The summed E-state index contributed by atoms with van der Waals surface area (Å²) in [6.07, 6.45) is -0.251. The Bertz CT molecular complexity index is 602. The maximum Gasteiger partial charge on any atom is 0.269 e. The second-order valence-electron chi connectivity index (χ2n) is 4.28. The summed E-state index contributed by atoms with van der Waals surface area (Å²) in [6.45, 7) is 0. The third-order valence-electron chi connectivity index (χ3n) is 3.14. The molecule has 0 saturated heterocycles. The molecule has 0 bridgehead atoms. The Kier molecular flexibility index (Phi) is 3.22. The van der Waals surface area contributed by atoms with Gasteiger partial charge in [0, 0.05) is 0 Å². The van der Waals surface area contributed by atoms with Crippen LogP contribution in [0, 0.1) is 0 Å². The van der Waals surface area contributed by atoms with Gasteiger partial charge in [0.15, 0.2) is 0 Å². The first-order valence-electron chi connectivity index (χ1n) is 5.19. The molecule has 8 heteroatoms. The zero-order valence-corrected chi connectivity index (χ0v) is 10.9. The van der Waals surface area contributed by atoms with E-state index < -0.39 is 30.7 Å². The van der Waals surface area contributed by atoms with Crippen LogP contribution in [-0.4, -0.2) is 36.4 Å². The summed E-state index contributed by atoms with van der Waals surface area (Å²) in [4.78, 5) is 0. The largest absolute Gasteiger partial charge is 0.285 e. The Balaban J connectivity index is 2.54. The highest BCUT2D eigenvalue weighted by Crippen LogP contribution is 2.29. The minimum atomic E-state index is -4.54. The molecule has 0 aromatic heterocycles. The second kappa shape index (κ2) is 4.30. The van der Waals surface area contributed by atoms with E-state index in [9.17, 15) is 16.8 Å². The van der Waals surface area contributed by atoms with Crippen molar-refractivity contribution in [1.29, 1.82) is 0 Å². The Morgan fingerprint density at radius 1 is 0.833 bits per heavy atom. The van der Waals surface area contributed by atoms with Crippen LogP contribution in [0.3, 0.4) is 0 Å². The van der Waals surface area contributed by atoms with Crippen molar-refractivity contribution in [3.8, 4) is 0 Å². The summed E-state index contributed by atoms with van der Waals surface area (Å²) in [5.41, 5.74) is 1.33. The van der Waals surface area contributed by atoms with E-state index >= 15 is 0 Å². The Labute approximate surface area is 105 Å². The van der Waals surface area contributed by atoms with E-state index in [-0.39, 0.29) is 12.8 Å². The predicted octanol–water partition coefficient (Wildman–Crippen LogP) is 0.298. The van der Waals surface area contributed by atoms with Gasteiger partial charge < -0.3 is 0 Å². The van der Waals surface area contributed by atoms with E-state index in [2.05, 4.69) is 0 Å². The maximum absolute atomic E-state index is 11.2. The highest BCUT2D eigenvalue weighted by atomic mass is 32.2. The first kappa shape index (κ1) is 13.5. The van der Waals surface area contributed by atoms with E-state index in [4.69, 9.17) is 9.11 Å². The summed E-state index contributed by atoms with van der Waals surface area (Å²) in [6, 6.07) is 6.75. The van der Waals surface area contributed by atoms with Crippen molar-refractivity contribution in [2.45, 2.75) is 23.3 Å². The number of hydrogen-bond donors (Lipinski definition) is 2. The lowest BCUT2D eigenvalue weighted by Gasteiger charge is -2.28. The zero-order chi connectivity index (χ0) is 13.6. The van der Waals surface area contributed by atoms with Crippen LogP contribution in [0.25, 0.3) is 0 Å². The van der Waals surface area contributed by atoms with Crippen LogP contribution in [0.5, 0.6) is 0 Å². The van der Waals surface area contributed by atoms with Gasteiger partial charge in [-0.1, -0.05) is 24.3 Å². The molecule has 2 atom stereocenters. The highest BCUT2D eigenvalue weighted by Gasteiger charge is 2.43. The first-order chi connectivity index (χ1) is 8.19. The fourth-order valence-corrected chi connectivity index (χ4v) is 4.83. The van der Waals surface area contributed by atoms with E-state index in [1.54, 1.807) is 24.3 Å². The molecule has 1 aliphatic rings. The summed E-state index contributed by atoms with van der Waals surface area (Å²) in [7, 11) is -9.08. The molecule has 1 aliphatic carbocycles. The molecule has 0 saturated carbocycles. The average Bonchev–Trinajstić information content (AvgIpc) is 2.25. The van der Waals surface area contributed by atoms with Crippen molar-refractivity contribution < 1.29 is 25.9 Å². The Hall–Kier alpha value is -0.960. The smallest absolute Gasteiger partial charge is 0.269 e. The monoisotopic (exact) mass is 292 g/mol. The van der Waals surface area contributed by atoms with Crippen molar-refractivity contribution in [3.63, 3.8) is 0 Å². The summed E-state index contributed by atoms with van der Waals surface area (Å²) < 4.78 is 63.1. The van der Waals surface area contributed by atoms with Crippen LogP contribution >= 0.6 is 0 Å². The Morgan fingerprint density at radius 2 is 1.17 bits per heavy atom. The average molecular weight is 292 g/mol. The van der Waals surface area contributed by atoms with Gasteiger partial charge in [-0.3, -0.25) is 9.11 Å². The molecule has 0 amide bonds. The molecular weight excluding hydrogens is 280 g/mol. The van der Waals surface area contributed by atoms with Crippen LogP contribution in [-0.2, 0) is 33.1 Å². The van der Waals surface area contributed by atoms with Gasteiger partial charge in [0.1, 0.15) is 10.5 Å². The lowest BCUT2D eigenvalue weighted by atomic mass is 9.91. The van der Waals surface area contributed by atoms with Gasteiger partial charge in [0.05, 0.1) is 0 Å². The van der Waals surface area contributed by atoms with Gasteiger partial charge in [-0.05, 0) is 24.0 Å². The molecule has 6 nitrogen and oxygen atoms in total. The SMILES string of the molecule is O=S(=O)(O)[C@@H]1Cc2ccccc2C[C@H]1S(=O)(=O)O. The number of hydrogen-bond acceptors (Lipinski definition) is 4. The van der Waals surface area contributed by atoms with Crippen molar-refractivity contribution in [2.75, 3.05) is 0 Å². The second-order valence-corrected chi connectivity index (χ2v) is 7.55. The van der Waals surface area contributed by atoms with Crippen LogP contribution in [0.2, 0.25) is 0 Å². The van der Waals surface area contributed by atoms with Crippen molar-refractivity contribution >= 4 is 20.2 Å². The van der Waals surface area contributed by atoms with Gasteiger partial charge in [0.25, 0.3) is 20.2 Å². The molecule has 0 spiro atoms. The molecule has 1 aromatic carbocycles. The predicted molar refractivity (Wildman–Crippen MR) is 64.5 cm³/mol. The third-order valence-corrected chi connectivity index (χ3v) is 5.83. The zero-order valence-electron chi connectivity index (χ0n) is 9.22. The molecule has 1 aromatic rings. The van der Waals surface area contributed by atoms with Crippen LogP contribution in [0.1, 0.15) is 11.1 Å². The molecule has 0 fully saturated rings. The molecule has 0 aliphatic heterocycles. The lowest BCUT2D eigenvalue weighted by Crippen LogP contribution is -2.45. The molecule has 18 heavy (non-hydrogen) atoms. The normalized spacial score (nSPS) is 24.6. The van der Waals surface area contributed by atoms with E-state index in [0.29, 0.717) is 11.1 Å². The molecule has 0 radical (unpaired) electrons. The fourth-order valence-electron chi connectivity index (χ4n) is 2.25. The van der Waals surface area contributed by atoms with E-state index in [1.165, 1.54) is 0 Å². The lowest BCUT2D eigenvalue weighted by molar-refractivity contribution is 0.430.